The fourth-order valence-electron chi connectivity index (χ4n) is 5.00. The van der Waals surface area contributed by atoms with Crippen LogP contribution in [-0.4, -0.2) is 20.2 Å². The van der Waals surface area contributed by atoms with E-state index in [0.717, 1.165) is 29.0 Å². The second-order valence-corrected chi connectivity index (χ2v) is 12.8. The number of thiophene rings is 1. The number of ketones is 1. The maximum absolute atomic E-state index is 13.1. The number of carbonyl (C=O) groups is 1. The van der Waals surface area contributed by atoms with Gasteiger partial charge in [0.25, 0.3) is 10.0 Å². The van der Waals surface area contributed by atoms with Crippen molar-refractivity contribution in [2.75, 3.05) is 4.72 Å². The Morgan fingerprint density at radius 1 is 1.00 bits per heavy atom. The number of hydrogen-bond acceptors (Lipinski definition) is 5. The number of hydrogen-bond donors (Lipinski definition) is 2. The zero-order valence-electron chi connectivity index (χ0n) is 21.1. The molecule has 1 atom stereocenters. The predicted octanol–water partition coefficient (Wildman–Crippen LogP) is 7.26. The molecule has 0 aliphatic heterocycles. The third kappa shape index (κ3) is 7.05. The minimum Gasteiger partial charge on any atom is -0.310 e. The standard InChI is InChI=1S/C29H36N2O3S2/c1-21(17-23-9-5-3-4-6-10-23)30-20-27-15-14-26(25-12-7-11-24(18-25)22(2)32)19-28(27)31-36(33,34)29-13-8-16-35-29/h7-8,11-16,18-19,21,23,30-31H,3-6,9-10,17,20H2,1-2H3/t21-/m0/s1. The molecule has 36 heavy (non-hydrogen) atoms. The molecule has 192 valence electrons. The minimum atomic E-state index is -3.69. The van der Waals surface area contributed by atoms with Crippen molar-refractivity contribution in [1.29, 1.82) is 0 Å². The number of nitrogens with one attached hydrogen (secondary N) is 2. The van der Waals surface area contributed by atoms with Gasteiger partial charge in [0.15, 0.2) is 5.78 Å². The molecule has 0 spiro atoms. The third-order valence-electron chi connectivity index (χ3n) is 7.02. The second-order valence-electron chi connectivity index (χ2n) is 9.92. The number of benzene rings is 2. The summed E-state index contributed by atoms with van der Waals surface area (Å²) in [5.41, 5.74) is 3.82. The molecule has 0 saturated heterocycles. The summed E-state index contributed by atoms with van der Waals surface area (Å²) in [6.45, 7) is 4.34. The minimum absolute atomic E-state index is 0.000974. The van der Waals surface area contributed by atoms with Gasteiger partial charge in [0.2, 0.25) is 0 Å². The van der Waals surface area contributed by atoms with E-state index in [1.165, 1.54) is 49.9 Å². The maximum atomic E-state index is 13.1. The first-order chi connectivity index (χ1) is 17.3. The Morgan fingerprint density at radius 2 is 1.75 bits per heavy atom. The second kappa shape index (κ2) is 12.2. The van der Waals surface area contributed by atoms with Gasteiger partial charge in [-0.15, -0.1) is 11.3 Å². The molecule has 3 aromatic rings. The van der Waals surface area contributed by atoms with Crippen LogP contribution in [0, 0.1) is 5.92 Å². The zero-order valence-corrected chi connectivity index (χ0v) is 22.8. The average Bonchev–Trinajstić information content (AvgIpc) is 3.30. The van der Waals surface area contributed by atoms with Gasteiger partial charge >= 0.3 is 0 Å². The van der Waals surface area contributed by atoms with Crippen LogP contribution in [0.1, 0.15) is 74.7 Å². The molecular formula is C29H36N2O3S2. The van der Waals surface area contributed by atoms with Crippen LogP contribution in [0.4, 0.5) is 5.69 Å². The molecule has 1 heterocycles. The molecular weight excluding hydrogens is 488 g/mol. The Hall–Kier alpha value is -2.48. The Bertz CT molecular complexity index is 1260. The number of sulfonamides is 1. The lowest BCUT2D eigenvalue weighted by Crippen LogP contribution is -2.28. The quantitative estimate of drug-likeness (QED) is 0.216. The molecule has 2 N–H and O–H groups in total. The first-order valence-corrected chi connectivity index (χ1v) is 15.2. The van der Waals surface area contributed by atoms with E-state index in [1.54, 1.807) is 30.5 Å². The smallest absolute Gasteiger partial charge is 0.271 e. The molecule has 4 rings (SSSR count). The summed E-state index contributed by atoms with van der Waals surface area (Å²) in [6.07, 6.45) is 9.14. The molecule has 2 aromatic carbocycles. The zero-order chi connectivity index (χ0) is 25.5. The van der Waals surface area contributed by atoms with Gasteiger partial charge in [0.05, 0.1) is 5.69 Å². The molecule has 0 bridgehead atoms. The van der Waals surface area contributed by atoms with Crippen molar-refractivity contribution in [1.82, 2.24) is 5.32 Å². The largest absolute Gasteiger partial charge is 0.310 e. The SMILES string of the molecule is CC(=O)c1cccc(-c2ccc(CN[C@@H](C)CC3CCCCCC3)c(NS(=O)(=O)c3cccs3)c2)c1. The van der Waals surface area contributed by atoms with Crippen molar-refractivity contribution >= 4 is 32.8 Å². The van der Waals surface area contributed by atoms with Gasteiger partial charge in [-0.05, 0) is 66.5 Å². The molecule has 1 fully saturated rings. The molecule has 1 aromatic heterocycles. The molecule has 0 amide bonds. The van der Waals surface area contributed by atoms with Crippen LogP contribution in [0.3, 0.4) is 0 Å². The van der Waals surface area contributed by atoms with Gasteiger partial charge in [-0.3, -0.25) is 9.52 Å². The highest BCUT2D eigenvalue weighted by atomic mass is 32.2. The lowest BCUT2D eigenvalue weighted by Gasteiger charge is -2.21. The number of carbonyl (C=O) groups excluding carboxylic acids is 1. The summed E-state index contributed by atoms with van der Waals surface area (Å²) in [5, 5.41) is 5.39. The normalized spacial score (nSPS) is 15.8. The van der Waals surface area contributed by atoms with E-state index in [0.29, 0.717) is 23.8 Å². The lowest BCUT2D eigenvalue weighted by molar-refractivity contribution is 0.101. The number of rotatable bonds is 10. The summed E-state index contributed by atoms with van der Waals surface area (Å²) in [5.74, 6) is 0.765. The van der Waals surface area contributed by atoms with Crippen molar-refractivity contribution in [2.24, 2.45) is 5.92 Å². The number of Topliss-reactive ketones (excluding diaryl/α,β-unsaturated/α-hetero) is 1. The van der Waals surface area contributed by atoms with Crippen LogP contribution in [0.25, 0.3) is 11.1 Å². The van der Waals surface area contributed by atoms with Gasteiger partial charge < -0.3 is 5.32 Å². The highest BCUT2D eigenvalue weighted by Gasteiger charge is 2.19. The topological polar surface area (TPSA) is 75.3 Å². The number of anilines is 1. The summed E-state index contributed by atoms with van der Waals surface area (Å²) in [6, 6.07) is 17.0. The van der Waals surface area contributed by atoms with Gasteiger partial charge in [-0.1, -0.05) is 74.9 Å². The highest BCUT2D eigenvalue weighted by molar-refractivity contribution is 7.94. The fourth-order valence-corrected chi connectivity index (χ4v) is 7.09. The first-order valence-electron chi connectivity index (χ1n) is 12.9. The van der Waals surface area contributed by atoms with Crippen LogP contribution in [-0.2, 0) is 16.6 Å². The summed E-state index contributed by atoms with van der Waals surface area (Å²) < 4.78 is 29.3. The highest BCUT2D eigenvalue weighted by Crippen LogP contribution is 2.30. The molecule has 1 aliphatic rings. The molecule has 0 unspecified atom stereocenters. The monoisotopic (exact) mass is 524 g/mol. The lowest BCUT2D eigenvalue weighted by atomic mass is 9.93. The Kier molecular flexibility index (Phi) is 8.99. The Morgan fingerprint density at radius 3 is 2.44 bits per heavy atom. The summed E-state index contributed by atoms with van der Waals surface area (Å²) in [7, 11) is -3.69. The summed E-state index contributed by atoms with van der Waals surface area (Å²) in [4.78, 5) is 11.9. The van der Waals surface area contributed by atoms with E-state index in [2.05, 4.69) is 17.0 Å². The van der Waals surface area contributed by atoms with Gasteiger partial charge in [0, 0.05) is 18.2 Å². The molecule has 0 radical (unpaired) electrons. The van der Waals surface area contributed by atoms with E-state index in [-0.39, 0.29) is 9.99 Å². The molecule has 7 heteroatoms. The van der Waals surface area contributed by atoms with Gasteiger partial charge in [-0.2, -0.15) is 0 Å². The van der Waals surface area contributed by atoms with Gasteiger partial charge in [-0.25, -0.2) is 8.42 Å². The van der Waals surface area contributed by atoms with Crippen molar-refractivity contribution in [2.45, 2.75) is 75.6 Å². The Labute approximate surface area is 219 Å². The van der Waals surface area contributed by atoms with Crippen LogP contribution >= 0.6 is 11.3 Å². The predicted molar refractivity (Wildman–Crippen MR) is 149 cm³/mol. The molecule has 5 nitrogen and oxygen atoms in total. The van der Waals surface area contributed by atoms with E-state index in [1.807, 2.05) is 36.4 Å². The van der Waals surface area contributed by atoms with Crippen molar-refractivity contribution in [3.63, 3.8) is 0 Å². The van der Waals surface area contributed by atoms with Crippen molar-refractivity contribution < 1.29 is 13.2 Å². The van der Waals surface area contributed by atoms with Crippen molar-refractivity contribution in [3.8, 4) is 11.1 Å². The van der Waals surface area contributed by atoms with E-state index >= 15 is 0 Å². The van der Waals surface area contributed by atoms with Crippen LogP contribution in [0.5, 0.6) is 0 Å². The average molecular weight is 525 g/mol. The summed E-state index contributed by atoms with van der Waals surface area (Å²) >= 11 is 1.20. The maximum Gasteiger partial charge on any atom is 0.271 e. The van der Waals surface area contributed by atoms with E-state index in [4.69, 9.17) is 0 Å². The fraction of sp³-hybridized carbons (Fsp3) is 0.414. The van der Waals surface area contributed by atoms with Gasteiger partial charge in [0.1, 0.15) is 4.21 Å². The van der Waals surface area contributed by atoms with Crippen LogP contribution in [0.2, 0.25) is 0 Å². The first kappa shape index (κ1) is 26.6. The Balaban J connectivity index is 1.57. The van der Waals surface area contributed by atoms with E-state index in [9.17, 15) is 13.2 Å². The molecule has 1 saturated carbocycles. The van der Waals surface area contributed by atoms with Crippen molar-refractivity contribution in [3.05, 3.63) is 71.1 Å². The third-order valence-corrected chi connectivity index (χ3v) is 9.78. The van der Waals surface area contributed by atoms with Crippen LogP contribution in [0.15, 0.2) is 64.2 Å². The van der Waals surface area contributed by atoms with Crippen LogP contribution < -0.4 is 10.0 Å². The molecule has 1 aliphatic carbocycles. The van der Waals surface area contributed by atoms with E-state index < -0.39 is 10.0 Å².